The van der Waals surface area contributed by atoms with E-state index in [0.29, 0.717) is 12.3 Å². The van der Waals surface area contributed by atoms with E-state index >= 15 is 0 Å². The molecule has 1 amide bonds. The highest BCUT2D eigenvalue weighted by Crippen LogP contribution is 2.15. The number of carbonyl (C=O) groups is 1. The van der Waals surface area contributed by atoms with E-state index in [9.17, 15) is 26.4 Å². The Morgan fingerprint density at radius 2 is 1.64 bits per heavy atom. The molecule has 0 radical (unpaired) electrons. The van der Waals surface area contributed by atoms with Crippen molar-refractivity contribution in [1.29, 1.82) is 0 Å². The molecule has 0 bridgehead atoms. The summed E-state index contributed by atoms with van der Waals surface area (Å²) in [4.78, 5) is 11.6. The van der Waals surface area contributed by atoms with Crippen LogP contribution in [0.25, 0.3) is 0 Å². The van der Waals surface area contributed by atoms with Crippen LogP contribution in [0.4, 0.5) is 13.2 Å². The van der Waals surface area contributed by atoms with Gasteiger partial charge in [-0.05, 0) is 49.9 Å². The number of amides is 1. The maximum atomic E-state index is 12.3. The molecular formula is C16H23F3N2O3S. The van der Waals surface area contributed by atoms with Crippen LogP contribution in [-0.4, -0.2) is 33.1 Å². The molecule has 1 atom stereocenters. The van der Waals surface area contributed by atoms with Gasteiger partial charge in [-0.2, -0.15) is 13.2 Å². The second-order valence-corrected chi connectivity index (χ2v) is 8.03. The molecule has 0 spiro atoms. The summed E-state index contributed by atoms with van der Waals surface area (Å²) in [6.07, 6.45) is -2.94. The van der Waals surface area contributed by atoms with E-state index in [1.807, 2.05) is 13.8 Å². The van der Waals surface area contributed by atoms with Gasteiger partial charge in [-0.3, -0.25) is 4.79 Å². The van der Waals surface area contributed by atoms with Crippen LogP contribution in [0.3, 0.4) is 0 Å². The van der Waals surface area contributed by atoms with Crippen LogP contribution >= 0.6 is 0 Å². The van der Waals surface area contributed by atoms with Crippen LogP contribution in [0.15, 0.2) is 29.2 Å². The fourth-order valence-corrected chi connectivity index (χ4v) is 3.32. The monoisotopic (exact) mass is 380 g/mol. The molecule has 1 rings (SSSR count). The number of carbonyl (C=O) groups excluding carboxylic acids is 1. The lowest BCUT2D eigenvalue weighted by Crippen LogP contribution is -2.34. The third-order valence-corrected chi connectivity index (χ3v) is 5.02. The predicted octanol–water partition coefficient (Wildman–Crippen LogP) is 3.08. The van der Waals surface area contributed by atoms with Crippen molar-refractivity contribution in [2.45, 2.75) is 50.7 Å². The average molecular weight is 380 g/mol. The lowest BCUT2D eigenvalue weighted by molar-refractivity contribution is -0.123. The van der Waals surface area contributed by atoms with Crippen molar-refractivity contribution in [3.63, 3.8) is 0 Å². The summed E-state index contributed by atoms with van der Waals surface area (Å²) < 4.78 is 63.3. The van der Waals surface area contributed by atoms with Gasteiger partial charge in [-0.1, -0.05) is 13.8 Å². The molecule has 0 saturated carbocycles. The highest BCUT2D eigenvalue weighted by molar-refractivity contribution is 7.89. The van der Waals surface area contributed by atoms with Crippen LogP contribution in [-0.2, 0) is 10.0 Å². The van der Waals surface area contributed by atoms with Crippen molar-refractivity contribution >= 4 is 15.9 Å². The van der Waals surface area contributed by atoms with Crippen LogP contribution in [0.5, 0.6) is 0 Å². The van der Waals surface area contributed by atoms with Gasteiger partial charge >= 0.3 is 6.18 Å². The molecular weight excluding hydrogens is 357 g/mol. The maximum Gasteiger partial charge on any atom is 0.405 e. The van der Waals surface area contributed by atoms with Gasteiger partial charge in [-0.25, -0.2) is 13.1 Å². The standard InChI is InChI=1S/C16H23F3N2O3S/c1-11(2)4-5-12(3)21-25(23,24)14-8-6-13(7-9-14)15(22)20-10-16(17,18)19/h6-9,11-12,21H,4-5,10H2,1-3H3,(H,20,22). The zero-order valence-corrected chi connectivity index (χ0v) is 15.2. The van der Waals surface area contributed by atoms with Gasteiger partial charge in [0.25, 0.3) is 5.91 Å². The van der Waals surface area contributed by atoms with Crippen LogP contribution in [0, 0.1) is 5.92 Å². The van der Waals surface area contributed by atoms with Gasteiger partial charge in [0.05, 0.1) is 4.90 Å². The second kappa shape index (κ2) is 8.66. The van der Waals surface area contributed by atoms with Crippen LogP contribution in [0.1, 0.15) is 44.0 Å². The highest BCUT2D eigenvalue weighted by atomic mass is 32.2. The van der Waals surface area contributed by atoms with Crippen molar-refractivity contribution in [3.8, 4) is 0 Å². The minimum absolute atomic E-state index is 0.0451. The normalized spacial score (nSPS) is 13.7. The van der Waals surface area contributed by atoms with E-state index in [1.165, 1.54) is 24.3 Å². The Morgan fingerprint density at radius 1 is 1.08 bits per heavy atom. The number of halogens is 3. The molecule has 0 heterocycles. The molecule has 0 aliphatic rings. The average Bonchev–Trinajstić information content (AvgIpc) is 2.49. The first-order valence-electron chi connectivity index (χ1n) is 7.88. The van der Waals surface area contributed by atoms with Crippen LogP contribution in [0.2, 0.25) is 0 Å². The van der Waals surface area contributed by atoms with E-state index in [4.69, 9.17) is 0 Å². The molecule has 0 fully saturated rings. The van der Waals surface area contributed by atoms with Crippen molar-refractivity contribution < 1.29 is 26.4 Å². The van der Waals surface area contributed by atoms with E-state index < -0.39 is 28.7 Å². The number of hydrogen-bond donors (Lipinski definition) is 2. The minimum Gasteiger partial charge on any atom is -0.343 e. The number of hydrogen-bond acceptors (Lipinski definition) is 3. The predicted molar refractivity (Wildman–Crippen MR) is 88.7 cm³/mol. The largest absolute Gasteiger partial charge is 0.405 e. The molecule has 2 N–H and O–H groups in total. The molecule has 0 aromatic heterocycles. The maximum absolute atomic E-state index is 12.3. The van der Waals surface area contributed by atoms with Gasteiger partial charge in [0, 0.05) is 11.6 Å². The third-order valence-electron chi connectivity index (χ3n) is 3.41. The van der Waals surface area contributed by atoms with Gasteiger partial charge in [-0.15, -0.1) is 0 Å². The summed E-state index contributed by atoms with van der Waals surface area (Å²) in [5, 5.41) is 1.73. The lowest BCUT2D eigenvalue weighted by atomic mass is 10.1. The zero-order chi connectivity index (χ0) is 19.3. The van der Waals surface area contributed by atoms with Gasteiger partial charge < -0.3 is 5.32 Å². The van der Waals surface area contributed by atoms with Crippen molar-refractivity contribution in [3.05, 3.63) is 29.8 Å². The Balaban J connectivity index is 2.72. The van der Waals surface area contributed by atoms with Gasteiger partial charge in [0.1, 0.15) is 6.54 Å². The van der Waals surface area contributed by atoms with E-state index in [1.54, 1.807) is 12.2 Å². The van der Waals surface area contributed by atoms with Crippen molar-refractivity contribution in [1.82, 2.24) is 10.0 Å². The van der Waals surface area contributed by atoms with Crippen molar-refractivity contribution in [2.75, 3.05) is 6.54 Å². The Hall–Kier alpha value is -1.61. The summed E-state index contributed by atoms with van der Waals surface area (Å²) in [5.41, 5.74) is -0.0453. The second-order valence-electron chi connectivity index (χ2n) is 6.32. The topological polar surface area (TPSA) is 75.3 Å². The highest BCUT2D eigenvalue weighted by Gasteiger charge is 2.28. The number of nitrogens with one attached hydrogen (secondary N) is 2. The van der Waals surface area contributed by atoms with E-state index in [0.717, 1.165) is 6.42 Å². The Kier molecular flexibility index (Phi) is 7.43. The summed E-state index contributed by atoms with van der Waals surface area (Å²) in [5.74, 6) is -0.457. The molecule has 5 nitrogen and oxygen atoms in total. The number of sulfonamides is 1. The number of rotatable bonds is 8. The Morgan fingerprint density at radius 3 is 2.12 bits per heavy atom. The van der Waals surface area contributed by atoms with Gasteiger partial charge in [0.15, 0.2) is 0 Å². The molecule has 1 aromatic carbocycles. The Bertz CT molecular complexity index is 671. The fourth-order valence-electron chi connectivity index (χ4n) is 2.04. The van der Waals surface area contributed by atoms with Crippen LogP contribution < -0.4 is 10.0 Å². The first-order chi connectivity index (χ1) is 11.4. The third kappa shape index (κ3) is 7.87. The quantitative estimate of drug-likeness (QED) is 0.728. The van der Waals surface area contributed by atoms with Crippen molar-refractivity contribution in [2.24, 2.45) is 5.92 Å². The van der Waals surface area contributed by atoms with E-state index in [2.05, 4.69) is 4.72 Å². The minimum atomic E-state index is -4.50. The summed E-state index contributed by atoms with van der Waals surface area (Å²) in [7, 11) is -3.75. The number of benzene rings is 1. The zero-order valence-electron chi connectivity index (χ0n) is 14.4. The molecule has 25 heavy (non-hydrogen) atoms. The fraction of sp³-hybridized carbons (Fsp3) is 0.562. The molecule has 0 saturated heterocycles. The van der Waals surface area contributed by atoms with E-state index in [-0.39, 0.29) is 16.5 Å². The Labute approximate surface area is 146 Å². The molecule has 1 unspecified atom stereocenters. The summed E-state index contributed by atoms with van der Waals surface area (Å²) in [6.45, 7) is 4.41. The molecule has 1 aromatic rings. The first-order valence-corrected chi connectivity index (χ1v) is 9.36. The smallest absolute Gasteiger partial charge is 0.343 e. The first kappa shape index (κ1) is 21.4. The number of alkyl halides is 3. The molecule has 9 heteroatoms. The van der Waals surface area contributed by atoms with Gasteiger partial charge in [0.2, 0.25) is 10.0 Å². The SMILES string of the molecule is CC(C)CCC(C)NS(=O)(=O)c1ccc(C(=O)NCC(F)(F)F)cc1. The summed E-state index contributed by atoms with van der Waals surface area (Å²) >= 11 is 0. The molecule has 142 valence electrons. The summed E-state index contributed by atoms with van der Waals surface area (Å²) in [6, 6.07) is 4.50. The molecule has 0 aliphatic carbocycles. The lowest BCUT2D eigenvalue weighted by Gasteiger charge is -2.15. The molecule has 0 aliphatic heterocycles.